The van der Waals surface area contributed by atoms with Gasteiger partial charge < -0.3 is 5.32 Å². The number of nitrogens with zero attached hydrogens (tertiary/aromatic N) is 3. The first-order chi connectivity index (χ1) is 11.2. The fraction of sp³-hybridized carbons (Fsp3) is 0.412. The molecule has 1 fully saturated rings. The third-order valence-corrected chi connectivity index (χ3v) is 4.21. The molecule has 3 rings (SSSR count). The van der Waals surface area contributed by atoms with Crippen LogP contribution < -0.4 is 5.32 Å². The monoisotopic (exact) mass is 314 g/mol. The van der Waals surface area contributed by atoms with Crippen LogP contribution in [-0.2, 0) is 0 Å². The first kappa shape index (κ1) is 15.7. The van der Waals surface area contributed by atoms with Crippen molar-refractivity contribution in [3.8, 4) is 0 Å². The van der Waals surface area contributed by atoms with Gasteiger partial charge in [0.1, 0.15) is 5.82 Å². The SMILES string of the molecule is O=C(NC1=CN(N(O)C2CCCCC2)CC=N1)c1ccccc1. The van der Waals surface area contributed by atoms with Gasteiger partial charge in [-0.2, -0.15) is 0 Å². The highest BCUT2D eigenvalue weighted by atomic mass is 16.6. The number of benzene rings is 1. The Hall–Kier alpha value is -2.18. The van der Waals surface area contributed by atoms with Crippen molar-refractivity contribution in [2.75, 3.05) is 6.54 Å². The van der Waals surface area contributed by atoms with Crippen LogP contribution in [-0.4, -0.2) is 40.1 Å². The van der Waals surface area contributed by atoms with Crippen LogP contribution >= 0.6 is 0 Å². The van der Waals surface area contributed by atoms with Crippen LogP contribution in [0.3, 0.4) is 0 Å². The molecule has 0 bridgehead atoms. The fourth-order valence-corrected chi connectivity index (χ4v) is 2.96. The Morgan fingerprint density at radius 1 is 1.22 bits per heavy atom. The number of nitrogens with one attached hydrogen (secondary N) is 1. The third kappa shape index (κ3) is 3.97. The number of amides is 1. The molecule has 2 aliphatic rings. The first-order valence-electron chi connectivity index (χ1n) is 8.09. The van der Waals surface area contributed by atoms with Gasteiger partial charge >= 0.3 is 0 Å². The van der Waals surface area contributed by atoms with Crippen molar-refractivity contribution in [2.24, 2.45) is 4.99 Å². The molecule has 0 spiro atoms. The minimum Gasteiger partial charge on any atom is -0.305 e. The van der Waals surface area contributed by atoms with E-state index in [9.17, 15) is 10.0 Å². The quantitative estimate of drug-likeness (QED) is 0.838. The largest absolute Gasteiger partial charge is 0.305 e. The standard InChI is InChI=1S/C17H22N4O2/c22-17(14-7-3-1-4-8-14)19-16-13-20(12-11-18-16)21(23)15-9-5-2-6-10-15/h1,3-4,7-8,11,13,15,23H,2,5-6,9-10,12H2,(H,19,22). The van der Waals surface area contributed by atoms with Crippen molar-refractivity contribution in [2.45, 2.75) is 38.1 Å². The van der Waals surface area contributed by atoms with E-state index in [1.54, 1.807) is 29.6 Å². The Morgan fingerprint density at radius 3 is 2.70 bits per heavy atom. The van der Waals surface area contributed by atoms with Gasteiger partial charge in [-0.05, 0) is 25.0 Å². The van der Waals surface area contributed by atoms with Crippen LogP contribution in [0.25, 0.3) is 0 Å². The minimum absolute atomic E-state index is 0.137. The zero-order chi connectivity index (χ0) is 16.1. The number of carbonyl (C=O) groups is 1. The lowest BCUT2D eigenvalue weighted by Gasteiger charge is -2.37. The molecule has 1 aliphatic heterocycles. The van der Waals surface area contributed by atoms with Crippen molar-refractivity contribution in [1.29, 1.82) is 0 Å². The van der Waals surface area contributed by atoms with Gasteiger partial charge in [-0.15, -0.1) is 0 Å². The summed E-state index contributed by atoms with van der Waals surface area (Å²) >= 11 is 0. The van der Waals surface area contributed by atoms with E-state index in [4.69, 9.17) is 0 Å². The van der Waals surface area contributed by atoms with Crippen molar-refractivity contribution in [1.82, 2.24) is 15.5 Å². The second-order valence-corrected chi connectivity index (χ2v) is 5.88. The molecule has 0 radical (unpaired) electrons. The van der Waals surface area contributed by atoms with Gasteiger partial charge in [0.05, 0.1) is 18.8 Å². The number of hydrazine groups is 1. The number of hydrogen-bond acceptors (Lipinski definition) is 5. The van der Waals surface area contributed by atoms with Crippen LogP contribution in [0.15, 0.2) is 47.3 Å². The van der Waals surface area contributed by atoms with Crippen LogP contribution in [0.2, 0.25) is 0 Å². The summed E-state index contributed by atoms with van der Waals surface area (Å²) in [6, 6.07) is 9.14. The van der Waals surface area contributed by atoms with Crippen molar-refractivity contribution in [3.63, 3.8) is 0 Å². The summed E-state index contributed by atoms with van der Waals surface area (Å²) in [6.07, 6.45) is 8.87. The van der Waals surface area contributed by atoms with E-state index in [2.05, 4.69) is 10.3 Å². The summed E-state index contributed by atoms with van der Waals surface area (Å²) in [5, 5.41) is 16.2. The lowest BCUT2D eigenvalue weighted by molar-refractivity contribution is -0.252. The lowest BCUT2D eigenvalue weighted by Crippen LogP contribution is -2.47. The van der Waals surface area contributed by atoms with E-state index in [-0.39, 0.29) is 11.9 Å². The third-order valence-electron chi connectivity index (χ3n) is 4.21. The van der Waals surface area contributed by atoms with E-state index in [0.717, 1.165) is 25.7 Å². The topological polar surface area (TPSA) is 68.2 Å². The Bertz CT molecular complexity index is 594. The van der Waals surface area contributed by atoms with Crippen LogP contribution in [0.4, 0.5) is 0 Å². The molecule has 0 atom stereocenters. The number of aliphatic imine (C=N–C) groups is 1. The number of hydroxylamine groups is 1. The van der Waals surface area contributed by atoms with Gasteiger partial charge in [0, 0.05) is 11.8 Å². The van der Waals surface area contributed by atoms with Crippen molar-refractivity contribution >= 4 is 12.1 Å². The molecule has 1 aromatic carbocycles. The molecule has 1 heterocycles. The smallest absolute Gasteiger partial charge is 0.256 e. The van der Waals surface area contributed by atoms with E-state index < -0.39 is 0 Å². The molecule has 1 saturated carbocycles. The average Bonchev–Trinajstić information content (AvgIpc) is 2.63. The second-order valence-electron chi connectivity index (χ2n) is 5.88. The average molecular weight is 314 g/mol. The zero-order valence-corrected chi connectivity index (χ0v) is 13.1. The van der Waals surface area contributed by atoms with Gasteiger partial charge in [-0.3, -0.25) is 15.0 Å². The maximum absolute atomic E-state index is 12.2. The van der Waals surface area contributed by atoms with Crippen molar-refractivity contribution in [3.05, 3.63) is 47.9 Å². The van der Waals surface area contributed by atoms with E-state index in [1.165, 1.54) is 11.6 Å². The Morgan fingerprint density at radius 2 is 1.96 bits per heavy atom. The summed E-state index contributed by atoms with van der Waals surface area (Å²) in [5.74, 6) is 0.220. The molecule has 2 N–H and O–H groups in total. The molecule has 23 heavy (non-hydrogen) atoms. The highest BCUT2D eigenvalue weighted by molar-refractivity contribution is 5.95. The number of carbonyl (C=O) groups excluding carboxylic acids is 1. The highest BCUT2D eigenvalue weighted by Gasteiger charge is 2.24. The van der Waals surface area contributed by atoms with Gasteiger partial charge in [0.15, 0.2) is 0 Å². The predicted octanol–water partition coefficient (Wildman–Crippen LogP) is 2.54. The molecule has 0 saturated heterocycles. The molecule has 6 heteroatoms. The highest BCUT2D eigenvalue weighted by Crippen LogP contribution is 2.23. The van der Waals surface area contributed by atoms with Crippen LogP contribution in [0, 0.1) is 0 Å². The van der Waals surface area contributed by atoms with Crippen LogP contribution in [0.5, 0.6) is 0 Å². The Balaban J connectivity index is 1.64. The van der Waals surface area contributed by atoms with Crippen LogP contribution in [0.1, 0.15) is 42.5 Å². The summed E-state index contributed by atoms with van der Waals surface area (Å²) in [5.41, 5.74) is 0.578. The number of rotatable bonds is 4. The summed E-state index contributed by atoms with van der Waals surface area (Å²) in [7, 11) is 0. The van der Waals surface area contributed by atoms with E-state index in [0.29, 0.717) is 17.9 Å². The summed E-state index contributed by atoms with van der Waals surface area (Å²) in [6.45, 7) is 0.498. The Labute approximate surface area is 136 Å². The predicted molar refractivity (Wildman–Crippen MR) is 87.7 cm³/mol. The molecule has 0 aromatic heterocycles. The Kier molecular flexibility index (Phi) is 5.05. The fourth-order valence-electron chi connectivity index (χ4n) is 2.96. The summed E-state index contributed by atoms with van der Waals surface area (Å²) < 4.78 is 0. The molecule has 6 nitrogen and oxygen atoms in total. The molecular formula is C17H22N4O2. The first-order valence-corrected chi connectivity index (χ1v) is 8.09. The van der Waals surface area contributed by atoms with Gasteiger partial charge in [-0.25, -0.2) is 4.99 Å². The maximum Gasteiger partial charge on any atom is 0.256 e. The molecule has 1 amide bonds. The van der Waals surface area contributed by atoms with Gasteiger partial charge in [0.25, 0.3) is 5.91 Å². The molecule has 122 valence electrons. The maximum atomic E-state index is 12.2. The zero-order valence-electron chi connectivity index (χ0n) is 13.1. The molecule has 1 aliphatic carbocycles. The second kappa shape index (κ2) is 7.39. The molecule has 1 aromatic rings. The normalized spacial score (nSPS) is 18.9. The van der Waals surface area contributed by atoms with Gasteiger partial charge in [-0.1, -0.05) is 42.6 Å². The minimum atomic E-state index is -0.210. The molecule has 0 unspecified atom stereocenters. The number of hydrogen-bond donors (Lipinski definition) is 2. The van der Waals surface area contributed by atoms with E-state index >= 15 is 0 Å². The summed E-state index contributed by atoms with van der Waals surface area (Å²) in [4.78, 5) is 16.4. The van der Waals surface area contributed by atoms with Crippen molar-refractivity contribution < 1.29 is 10.0 Å². The van der Waals surface area contributed by atoms with E-state index in [1.807, 2.05) is 18.2 Å². The lowest BCUT2D eigenvalue weighted by atomic mass is 9.96. The van der Waals surface area contributed by atoms with Gasteiger partial charge in [0.2, 0.25) is 0 Å². The molecular weight excluding hydrogens is 292 g/mol.